The Hall–Kier alpha value is -1.58. The van der Waals surface area contributed by atoms with Crippen molar-refractivity contribution in [3.63, 3.8) is 0 Å². The van der Waals surface area contributed by atoms with Crippen LogP contribution >= 0.6 is 0 Å². The van der Waals surface area contributed by atoms with Crippen molar-refractivity contribution in [3.8, 4) is 0 Å². The lowest BCUT2D eigenvalue weighted by Gasteiger charge is -2.11. The third-order valence-electron chi connectivity index (χ3n) is 5.72. The van der Waals surface area contributed by atoms with E-state index in [1.807, 2.05) is 6.08 Å². The number of allylic oxidation sites excluding steroid dienone is 1. The van der Waals surface area contributed by atoms with Crippen LogP contribution in [0.25, 0.3) is 0 Å². The van der Waals surface area contributed by atoms with Gasteiger partial charge in [-0.2, -0.15) is 0 Å². The maximum absolute atomic E-state index is 11.1. The summed E-state index contributed by atoms with van der Waals surface area (Å²) in [5.41, 5.74) is 0.960. The normalized spacial score (nSPS) is 12.0. The fraction of sp³-hybridized carbons (Fsp3) is 0.786. The summed E-state index contributed by atoms with van der Waals surface area (Å²) in [6.07, 6.45) is 20.6. The largest absolute Gasteiger partial charge is 0.478 e. The van der Waals surface area contributed by atoms with E-state index in [9.17, 15) is 9.59 Å². The topological polar surface area (TPSA) is 63.6 Å². The molecule has 0 aromatic heterocycles. The average Bonchev–Trinajstić information content (AvgIpc) is 2.77. The maximum Gasteiger partial charge on any atom is 0.333 e. The first-order chi connectivity index (χ1) is 15.3. The van der Waals surface area contributed by atoms with Crippen LogP contribution in [0.15, 0.2) is 23.8 Å². The summed E-state index contributed by atoms with van der Waals surface area (Å²) in [5, 5.41) is 8.68. The number of hydrogen-bond donors (Lipinski definition) is 1. The Morgan fingerprint density at radius 2 is 1.34 bits per heavy atom. The van der Waals surface area contributed by atoms with Crippen molar-refractivity contribution < 1.29 is 19.4 Å². The minimum absolute atomic E-state index is 0.258. The fourth-order valence-corrected chi connectivity index (χ4v) is 3.29. The number of aliphatic carboxylic acids is 1. The van der Waals surface area contributed by atoms with Crippen LogP contribution in [0.4, 0.5) is 0 Å². The molecule has 0 bridgehead atoms. The zero-order chi connectivity index (χ0) is 24.6. The molecule has 188 valence electrons. The molecule has 0 aliphatic carbocycles. The van der Waals surface area contributed by atoms with Crippen LogP contribution in [-0.2, 0) is 14.3 Å². The molecular weight excluding hydrogens is 400 g/mol. The van der Waals surface area contributed by atoms with Gasteiger partial charge in [-0.15, -0.1) is 0 Å². The zero-order valence-electron chi connectivity index (χ0n) is 21.8. The van der Waals surface area contributed by atoms with Gasteiger partial charge in [-0.1, -0.05) is 117 Å². The highest BCUT2D eigenvalue weighted by molar-refractivity contribution is 5.86. The Balaban J connectivity index is 0. The summed E-state index contributed by atoms with van der Waals surface area (Å²) in [4.78, 5) is 21.6. The van der Waals surface area contributed by atoms with E-state index in [4.69, 9.17) is 9.84 Å². The first-order valence-corrected chi connectivity index (χ1v) is 13.0. The number of carbonyl (C=O) groups excluding carboxylic acids is 1. The number of esters is 1. The summed E-state index contributed by atoms with van der Waals surface area (Å²) in [5.74, 6) is -0.398. The molecule has 0 rings (SSSR count). The van der Waals surface area contributed by atoms with Gasteiger partial charge in [0.1, 0.15) is 0 Å². The summed E-state index contributed by atoms with van der Waals surface area (Å²) >= 11 is 0. The second-order valence-corrected chi connectivity index (χ2v) is 8.94. The molecule has 0 aliphatic heterocycles. The van der Waals surface area contributed by atoms with Gasteiger partial charge in [-0.05, 0) is 32.6 Å². The molecule has 32 heavy (non-hydrogen) atoms. The van der Waals surface area contributed by atoms with Crippen molar-refractivity contribution in [2.24, 2.45) is 5.92 Å². The number of unbranched alkanes of at least 4 members (excludes halogenated alkanes) is 10. The van der Waals surface area contributed by atoms with Crippen LogP contribution in [-0.4, -0.2) is 23.7 Å². The van der Waals surface area contributed by atoms with Crippen LogP contribution in [0.3, 0.4) is 0 Å². The Morgan fingerprint density at radius 1 is 0.844 bits per heavy atom. The minimum atomic E-state index is -0.796. The predicted molar refractivity (Wildman–Crippen MR) is 137 cm³/mol. The summed E-state index contributed by atoms with van der Waals surface area (Å²) in [7, 11) is 0. The molecule has 0 fully saturated rings. The van der Waals surface area contributed by atoms with Crippen molar-refractivity contribution in [2.45, 2.75) is 131 Å². The molecule has 0 aromatic carbocycles. The van der Waals surface area contributed by atoms with Crippen LogP contribution in [0.2, 0.25) is 0 Å². The zero-order valence-corrected chi connectivity index (χ0v) is 21.8. The summed E-state index contributed by atoms with van der Waals surface area (Å²) < 4.78 is 5.04. The Kier molecular flexibility index (Phi) is 24.5. The third-order valence-corrected chi connectivity index (χ3v) is 5.72. The van der Waals surface area contributed by atoms with Gasteiger partial charge in [0, 0.05) is 11.1 Å². The number of carboxylic acid groups (broad SMARTS) is 1. The smallest absolute Gasteiger partial charge is 0.333 e. The molecule has 1 N–H and O–H groups in total. The fourth-order valence-electron chi connectivity index (χ4n) is 3.29. The number of carbonyl (C=O) groups is 2. The third kappa shape index (κ3) is 23.1. The van der Waals surface area contributed by atoms with Crippen LogP contribution in [0, 0.1) is 5.92 Å². The summed E-state index contributed by atoms with van der Waals surface area (Å²) in [6.45, 7) is 14.0. The van der Waals surface area contributed by atoms with Gasteiger partial charge in [0.15, 0.2) is 0 Å². The average molecular weight is 453 g/mol. The van der Waals surface area contributed by atoms with E-state index < -0.39 is 5.97 Å². The molecule has 0 heterocycles. The molecular formula is C28H52O4. The highest BCUT2D eigenvalue weighted by Crippen LogP contribution is 2.18. The van der Waals surface area contributed by atoms with Gasteiger partial charge in [0.2, 0.25) is 0 Å². The second kappa shape index (κ2) is 24.1. The highest BCUT2D eigenvalue weighted by atomic mass is 16.5. The number of rotatable bonds is 19. The van der Waals surface area contributed by atoms with E-state index in [1.54, 1.807) is 13.8 Å². The molecule has 1 atom stereocenters. The molecule has 0 spiro atoms. The maximum atomic E-state index is 11.1. The molecule has 0 aromatic rings. The SMILES string of the molecule is C=C(C)C(=O)OCCCCCCCCCCCC.CCCCC(CC)CC=C(C)C(=O)O. The first kappa shape index (κ1) is 32.6. The number of hydrogen-bond acceptors (Lipinski definition) is 3. The van der Waals surface area contributed by atoms with Gasteiger partial charge in [-0.3, -0.25) is 0 Å². The van der Waals surface area contributed by atoms with E-state index in [2.05, 4.69) is 27.4 Å². The molecule has 0 radical (unpaired) electrons. The molecule has 1 unspecified atom stereocenters. The van der Waals surface area contributed by atoms with E-state index >= 15 is 0 Å². The van der Waals surface area contributed by atoms with Crippen LogP contribution < -0.4 is 0 Å². The van der Waals surface area contributed by atoms with E-state index in [-0.39, 0.29) is 5.97 Å². The van der Waals surface area contributed by atoms with E-state index in [1.165, 1.54) is 77.0 Å². The Morgan fingerprint density at radius 3 is 1.78 bits per heavy atom. The van der Waals surface area contributed by atoms with E-state index in [0.29, 0.717) is 23.7 Å². The Labute approximate surface area is 198 Å². The van der Waals surface area contributed by atoms with E-state index in [0.717, 1.165) is 19.3 Å². The lowest BCUT2D eigenvalue weighted by atomic mass is 9.95. The number of ether oxygens (including phenoxy) is 1. The van der Waals surface area contributed by atoms with Crippen LogP contribution in [0.1, 0.15) is 131 Å². The lowest BCUT2D eigenvalue weighted by Crippen LogP contribution is -2.05. The lowest BCUT2D eigenvalue weighted by molar-refractivity contribution is -0.139. The van der Waals surface area contributed by atoms with Crippen molar-refractivity contribution >= 4 is 11.9 Å². The van der Waals surface area contributed by atoms with Gasteiger partial charge >= 0.3 is 11.9 Å². The van der Waals surface area contributed by atoms with Crippen LogP contribution in [0.5, 0.6) is 0 Å². The quantitative estimate of drug-likeness (QED) is 0.121. The molecule has 4 heteroatoms. The van der Waals surface area contributed by atoms with Gasteiger partial charge in [-0.25, -0.2) is 9.59 Å². The summed E-state index contributed by atoms with van der Waals surface area (Å²) in [6, 6.07) is 0. The molecule has 0 aliphatic rings. The van der Waals surface area contributed by atoms with Gasteiger partial charge < -0.3 is 9.84 Å². The molecule has 0 saturated carbocycles. The number of carboxylic acids is 1. The van der Waals surface area contributed by atoms with Gasteiger partial charge in [0.25, 0.3) is 0 Å². The monoisotopic (exact) mass is 452 g/mol. The van der Waals surface area contributed by atoms with Crippen molar-refractivity contribution in [1.29, 1.82) is 0 Å². The first-order valence-electron chi connectivity index (χ1n) is 13.0. The van der Waals surface area contributed by atoms with Gasteiger partial charge in [0.05, 0.1) is 6.61 Å². The second-order valence-electron chi connectivity index (χ2n) is 8.94. The standard InChI is InChI=1S/C16H30O2.C12H22O2/c1-4-5-6-7-8-9-10-11-12-13-14-18-16(17)15(2)3;1-4-6-7-11(5-2)9-8-10(3)12(13)14/h2,4-14H2,1,3H3;8,11H,4-7,9H2,1-3H3,(H,13,14). The molecule has 4 nitrogen and oxygen atoms in total. The van der Waals surface area contributed by atoms with Crippen molar-refractivity contribution in [1.82, 2.24) is 0 Å². The molecule has 0 saturated heterocycles. The van der Waals surface area contributed by atoms with Crippen molar-refractivity contribution in [3.05, 3.63) is 23.8 Å². The predicted octanol–water partition coefficient (Wildman–Crippen LogP) is 8.65. The van der Waals surface area contributed by atoms with Crippen molar-refractivity contribution in [2.75, 3.05) is 6.61 Å². The Bertz CT molecular complexity index is 508. The molecule has 0 amide bonds. The highest BCUT2D eigenvalue weighted by Gasteiger charge is 2.06. The minimum Gasteiger partial charge on any atom is -0.478 e.